The zero-order chi connectivity index (χ0) is 11.4. The molecule has 0 aromatic carbocycles. The van der Waals surface area contributed by atoms with Crippen LogP contribution in [0.1, 0.15) is 37.8 Å². The van der Waals surface area contributed by atoms with Crippen LogP contribution in [0.25, 0.3) is 0 Å². The normalized spacial score (nSPS) is 22.0. The summed E-state index contributed by atoms with van der Waals surface area (Å²) in [6.07, 6.45) is 5.91. The molecule has 0 bridgehead atoms. The van der Waals surface area contributed by atoms with Gasteiger partial charge in [0.1, 0.15) is 5.82 Å². The van der Waals surface area contributed by atoms with E-state index in [2.05, 4.69) is 22.3 Å². The lowest BCUT2D eigenvalue weighted by Gasteiger charge is -2.12. The van der Waals surface area contributed by atoms with E-state index in [9.17, 15) is 0 Å². The molecule has 90 valence electrons. The zero-order valence-electron chi connectivity index (χ0n) is 10.4. The fourth-order valence-corrected chi connectivity index (χ4v) is 2.36. The smallest absolute Gasteiger partial charge is 0.150 e. The number of rotatable bonds is 3. The summed E-state index contributed by atoms with van der Waals surface area (Å²) in [4.78, 5) is 4.58. The minimum atomic E-state index is 0.780. The van der Waals surface area contributed by atoms with Crippen LogP contribution in [-0.4, -0.2) is 27.9 Å². The Bertz CT molecular complexity index is 324. The van der Waals surface area contributed by atoms with E-state index >= 15 is 0 Å². The molecule has 1 atom stereocenters. The van der Waals surface area contributed by atoms with Gasteiger partial charge < -0.3 is 5.32 Å². The zero-order valence-corrected chi connectivity index (χ0v) is 10.4. The number of aryl methyl sites for hydroxylation is 2. The maximum atomic E-state index is 4.58. The third-order valence-electron chi connectivity index (χ3n) is 3.38. The molecule has 1 fully saturated rings. The lowest BCUT2D eigenvalue weighted by atomic mass is 9.97. The second kappa shape index (κ2) is 5.43. The quantitative estimate of drug-likeness (QED) is 0.838. The molecular weight excluding hydrogens is 200 g/mol. The maximum Gasteiger partial charge on any atom is 0.150 e. The summed E-state index contributed by atoms with van der Waals surface area (Å²) in [6.45, 7) is 4.44. The third kappa shape index (κ3) is 2.82. The van der Waals surface area contributed by atoms with Gasteiger partial charge in [-0.2, -0.15) is 5.10 Å². The molecule has 1 aliphatic rings. The highest BCUT2D eigenvalue weighted by atomic mass is 15.3. The van der Waals surface area contributed by atoms with E-state index in [4.69, 9.17) is 0 Å². The highest BCUT2D eigenvalue weighted by Gasteiger charge is 2.15. The van der Waals surface area contributed by atoms with Crippen molar-refractivity contribution in [2.45, 2.75) is 39.0 Å². The molecule has 2 rings (SSSR count). The van der Waals surface area contributed by atoms with Crippen molar-refractivity contribution in [2.24, 2.45) is 13.0 Å². The molecule has 4 heteroatoms. The monoisotopic (exact) mass is 222 g/mol. The minimum Gasteiger partial charge on any atom is -0.317 e. The molecule has 4 nitrogen and oxygen atoms in total. The van der Waals surface area contributed by atoms with Crippen molar-refractivity contribution in [3.63, 3.8) is 0 Å². The standard InChI is InChI=1S/C12H22N4/c1-3-11-14-12(16(2)15-11)9-10-5-4-7-13-8-6-10/h10,13H,3-9H2,1-2H3. The molecular formula is C12H22N4. The summed E-state index contributed by atoms with van der Waals surface area (Å²) in [6, 6.07) is 0. The Morgan fingerprint density at radius 3 is 3.00 bits per heavy atom. The summed E-state index contributed by atoms with van der Waals surface area (Å²) in [7, 11) is 2.01. The van der Waals surface area contributed by atoms with Crippen LogP contribution >= 0.6 is 0 Å². The van der Waals surface area contributed by atoms with E-state index in [0.717, 1.165) is 37.0 Å². The van der Waals surface area contributed by atoms with Gasteiger partial charge in [-0.25, -0.2) is 4.98 Å². The predicted octanol–water partition coefficient (Wildman–Crippen LogP) is 1.31. The average Bonchev–Trinajstić information content (AvgIpc) is 2.51. The molecule has 0 aliphatic carbocycles. The van der Waals surface area contributed by atoms with Crippen LogP contribution in [0.15, 0.2) is 0 Å². The molecule has 2 heterocycles. The molecule has 1 N–H and O–H groups in total. The molecule has 0 saturated carbocycles. The number of hydrogen-bond acceptors (Lipinski definition) is 3. The molecule has 1 aromatic rings. The van der Waals surface area contributed by atoms with Crippen molar-refractivity contribution in [1.29, 1.82) is 0 Å². The first-order valence-electron chi connectivity index (χ1n) is 6.39. The average molecular weight is 222 g/mol. The van der Waals surface area contributed by atoms with E-state index in [-0.39, 0.29) is 0 Å². The molecule has 1 aliphatic heterocycles. The van der Waals surface area contributed by atoms with Crippen molar-refractivity contribution in [3.05, 3.63) is 11.6 Å². The summed E-state index contributed by atoms with van der Waals surface area (Å²) < 4.78 is 1.96. The number of nitrogens with one attached hydrogen (secondary N) is 1. The molecule has 0 spiro atoms. The van der Waals surface area contributed by atoms with Crippen LogP contribution in [0.3, 0.4) is 0 Å². The lowest BCUT2D eigenvalue weighted by molar-refractivity contribution is 0.450. The van der Waals surface area contributed by atoms with Gasteiger partial charge in [0.2, 0.25) is 0 Å². The van der Waals surface area contributed by atoms with Gasteiger partial charge in [-0.1, -0.05) is 6.92 Å². The Morgan fingerprint density at radius 2 is 2.25 bits per heavy atom. The van der Waals surface area contributed by atoms with Crippen molar-refractivity contribution in [2.75, 3.05) is 13.1 Å². The molecule has 1 unspecified atom stereocenters. The number of nitrogens with zero attached hydrogens (tertiary/aromatic N) is 3. The van der Waals surface area contributed by atoms with Crippen LogP contribution in [0.5, 0.6) is 0 Å². The fourth-order valence-electron chi connectivity index (χ4n) is 2.36. The van der Waals surface area contributed by atoms with Crippen molar-refractivity contribution < 1.29 is 0 Å². The molecule has 16 heavy (non-hydrogen) atoms. The van der Waals surface area contributed by atoms with Crippen LogP contribution < -0.4 is 5.32 Å². The van der Waals surface area contributed by atoms with Gasteiger partial charge in [0, 0.05) is 19.9 Å². The van der Waals surface area contributed by atoms with Crippen LogP contribution in [0, 0.1) is 5.92 Å². The molecule has 1 saturated heterocycles. The minimum absolute atomic E-state index is 0.780. The van der Waals surface area contributed by atoms with Gasteiger partial charge in [-0.3, -0.25) is 4.68 Å². The predicted molar refractivity (Wildman–Crippen MR) is 64.3 cm³/mol. The Hall–Kier alpha value is -0.900. The van der Waals surface area contributed by atoms with Crippen LogP contribution in [0.2, 0.25) is 0 Å². The summed E-state index contributed by atoms with van der Waals surface area (Å²) in [5.74, 6) is 2.91. The lowest BCUT2D eigenvalue weighted by Crippen LogP contribution is -2.15. The Morgan fingerprint density at radius 1 is 1.38 bits per heavy atom. The first kappa shape index (κ1) is 11.6. The van der Waals surface area contributed by atoms with E-state index in [1.54, 1.807) is 0 Å². The van der Waals surface area contributed by atoms with Gasteiger partial charge in [0.05, 0.1) is 0 Å². The first-order chi connectivity index (χ1) is 7.79. The topological polar surface area (TPSA) is 42.7 Å². The van der Waals surface area contributed by atoms with Crippen LogP contribution in [-0.2, 0) is 19.9 Å². The molecule has 0 radical (unpaired) electrons. The third-order valence-corrected chi connectivity index (χ3v) is 3.38. The first-order valence-corrected chi connectivity index (χ1v) is 6.39. The van der Waals surface area contributed by atoms with E-state index in [0.29, 0.717) is 0 Å². The van der Waals surface area contributed by atoms with Gasteiger partial charge >= 0.3 is 0 Å². The van der Waals surface area contributed by atoms with Gasteiger partial charge in [0.15, 0.2) is 5.82 Å². The van der Waals surface area contributed by atoms with E-state index < -0.39 is 0 Å². The largest absolute Gasteiger partial charge is 0.317 e. The number of hydrogen-bond donors (Lipinski definition) is 1. The van der Waals surface area contributed by atoms with Gasteiger partial charge in [0.25, 0.3) is 0 Å². The summed E-state index contributed by atoms with van der Waals surface area (Å²) >= 11 is 0. The summed E-state index contributed by atoms with van der Waals surface area (Å²) in [5, 5.41) is 7.86. The van der Waals surface area contributed by atoms with Crippen LogP contribution in [0.4, 0.5) is 0 Å². The van der Waals surface area contributed by atoms with Crippen molar-refractivity contribution in [3.8, 4) is 0 Å². The Kier molecular flexibility index (Phi) is 3.93. The fraction of sp³-hybridized carbons (Fsp3) is 0.833. The van der Waals surface area contributed by atoms with E-state index in [1.807, 2.05) is 11.7 Å². The Labute approximate surface area is 97.5 Å². The van der Waals surface area contributed by atoms with Crippen molar-refractivity contribution >= 4 is 0 Å². The SMILES string of the molecule is CCc1nc(CC2CCCNCC2)n(C)n1. The molecule has 1 aromatic heterocycles. The van der Waals surface area contributed by atoms with Crippen molar-refractivity contribution in [1.82, 2.24) is 20.1 Å². The number of aromatic nitrogens is 3. The molecule has 0 amide bonds. The highest BCUT2D eigenvalue weighted by Crippen LogP contribution is 2.18. The second-order valence-electron chi connectivity index (χ2n) is 4.67. The van der Waals surface area contributed by atoms with Gasteiger partial charge in [-0.05, 0) is 38.3 Å². The second-order valence-corrected chi connectivity index (χ2v) is 4.67. The highest BCUT2D eigenvalue weighted by molar-refractivity contribution is 4.94. The Balaban J connectivity index is 1.98. The summed E-state index contributed by atoms with van der Waals surface area (Å²) in [5.41, 5.74) is 0. The van der Waals surface area contributed by atoms with Gasteiger partial charge in [-0.15, -0.1) is 0 Å². The van der Waals surface area contributed by atoms with E-state index in [1.165, 1.54) is 25.8 Å². The maximum absolute atomic E-state index is 4.58.